The number of nitrogens with zero attached hydrogens (tertiary/aromatic N) is 6. The van der Waals surface area contributed by atoms with Crippen LogP contribution in [0.1, 0.15) is 55.9 Å². The smallest absolute Gasteiger partial charge is 0.259 e. The second-order valence-electron chi connectivity index (χ2n) is 8.54. The number of piperidine rings is 1. The van der Waals surface area contributed by atoms with Gasteiger partial charge in [0.25, 0.3) is 5.56 Å². The van der Waals surface area contributed by atoms with Crippen LogP contribution < -0.4 is 10.5 Å². The molecular weight excluding hydrogens is 396 g/mol. The van der Waals surface area contributed by atoms with Gasteiger partial charge in [-0.05, 0) is 18.9 Å². The molecule has 4 heterocycles. The first-order chi connectivity index (χ1) is 14.8. The molecule has 1 fully saturated rings. The van der Waals surface area contributed by atoms with Crippen LogP contribution in [0.25, 0.3) is 10.9 Å². The first-order valence-electron chi connectivity index (χ1n) is 10.6. The average Bonchev–Trinajstić information content (AvgIpc) is 3.22. The predicted molar refractivity (Wildman–Crippen MR) is 117 cm³/mol. The number of amides is 1. The Labute approximate surface area is 180 Å². The molecule has 1 saturated heterocycles. The van der Waals surface area contributed by atoms with Gasteiger partial charge in [0.2, 0.25) is 11.9 Å². The summed E-state index contributed by atoms with van der Waals surface area (Å²) in [5.74, 6) is 2.34. The normalized spacial score (nSPS) is 15.1. The predicted octanol–water partition coefficient (Wildman–Crippen LogP) is 1.57. The number of aromatic nitrogens is 6. The van der Waals surface area contributed by atoms with Crippen molar-refractivity contribution in [2.45, 2.75) is 44.9 Å². The van der Waals surface area contributed by atoms with Crippen molar-refractivity contribution in [2.24, 2.45) is 0 Å². The maximum atomic E-state index is 12.7. The third-order valence-corrected chi connectivity index (χ3v) is 5.67. The van der Waals surface area contributed by atoms with Crippen molar-refractivity contribution in [2.75, 3.05) is 32.1 Å². The van der Waals surface area contributed by atoms with Gasteiger partial charge >= 0.3 is 0 Å². The monoisotopic (exact) mass is 424 g/mol. The maximum absolute atomic E-state index is 12.7. The number of fused-ring (bicyclic) bond motifs is 1. The molecule has 3 aromatic rings. The number of hydrogen-bond acceptors (Lipinski definition) is 7. The first kappa shape index (κ1) is 21.0. The van der Waals surface area contributed by atoms with Crippen LogP contribution in [0, 0.1) is 0 Å². The van der Waals surface area contributed by atoms with Crippen LogP contribution in [-0.4, -0.2) is 68.1 Å². The minimum absolute atomic E-state index is 0.0419. The summed E-state index contributed by atoms with van der Waals surface area (Å²) >= 11 is 0. The lowest BCUT2D eigenvalue weighted by Gasteiger charge is -2.32. The van der Waals surface area contributed by atoms with Crippen molar-refractivity contribution in [1.82, 2.24) is 35.0 Å². The van der Waals surface area contributed by atoms with Gasteiger partial charge in [0.1, 0.15) is 5.82 Å². The largest absolute Gasteiger partial charge is 0.347 e. The van der Waals surface area contributed by atoms with Crippen molar-refractivity contribution in [3.63, 3.8) is 0 Å². The Morgan fingerprint density at radius 3 is 2.65 bits per heavy atom. The first-order valence-corrected chi connectivity index (χ1v) is 10.6. The molecule has 1 aliphatic heterocycles. The number of carbonyl (C=O) groups excluding carboxylic acids is 1. The van der Waals surface area contributed by atoms with Crippen molar-refractivity contribution in [1.29, 1.82) is 0 Å². The van der Waals surface area contributed by atoms with Gasteiger partial charge in [0.05, 0.1) is 17.3 Å². The van der Waals surface area contributed by atoms with Crippen molar-refractivity contribution in [3.8, 4) is 0 Å². The molecule has 2 N–H and O–H groups in total. The third kappa shape index (κ3) is 4.42. The van der Waals surface area contributed by atoms with E-state index in [4.69, 9.17) is 0 Å². The molecular formula is C21H28N8O2. The summed E-state index contributed by atoms with van der Waals surface area (Å²) in [4.78, 5) is 45.0. The van der Waals surface area contributed by atoms with Crippen molar-refractivity contribution >= 4 is 22.8 Å². The number of rotatable bonds is 5. The molecule has 1 amide bonds. The average molecular weight is 425 g/mol. The summed E-state index contributed by atoms with van der Waals surface area (Å²) in [6.45, 7) is 5.32. The highest BCUT2D eigenvalue weighted by Crippen LogP contribution is 2.27. The minimum Gasteiger partial charge on any atom is -0.347 e. The molecule has 1 aliphatic rings. The zero-order valence-corrected chi connectivity index (χ0v) is 18.3. The second kappa shape index (κ2) is 8.44. The van der Waals surface area contributed by atoms with E-state index >= 15 is 0 Å². The van der Waals surface area contributed by atoms with Gasteiger partial charge in [-0.2, -0.15) is 5.10 Å². The number of H-pyrrole nitrogens is 2. The van der Waals surface area contributed by atoms with Gasteiger partial charge in [-0.25, -0.2) is 15.0 Å². The van der Waals surface area contributed by atoms with E-state index in [0.717, 1.165) is 24.4 Å². The van der Waals surface area contributed by atoms with Crippen LogP contribution in [0.5, 0.6) is 0 Å². The molecule has 0 spiro atoms. The highest BCUT2D eigenvalue weighted by atomic mass is 16.2. The van der Waals surface area contributed by atoms with Crippen LogP contribution in [0.4, 0.5) is 5.95 Å². The van der Waals surface area contributed by atoms with E-state index in [1.54, 1.807) is 6.20 Å². The lowest BCUT2D eigenvalue weighted by atomic mass is 9.92. The Hall–Kier alpha value is -3.30. The van der Waals surface area contributed by atoms with Crippen LogP contribution >= 0.6 is 0 Å². The number of nitrogens with one attached hydrogen (secondary N) is 2. The van der Waals surface area contributed by atoms with Gasteiger partial charge in [-0.1, -0.05) is 13.8 Å². The second-order valence-corrected chi connectivity index (χ2v) is 8.54. The molecule has 0 unspecified atom stereocenters. The molecule has 3 aromatic heterocycles. The standard InChI is InChI=1S/C21H28N8O2/c1-12(2)19-25-17(26-27-19)10-18(30)29-7-5-13(6-8-29)15-9-16-14(20(31)23-15)11-22-21(24-16)28(3)4/h9,11-13H,5-8,10H2,1-4H3,(H,23,31)(H,25,26,27). The van der Waals surface area contributed by atoms with Gasteiger partial charge in [0.15, 0.2) is 5.82 Å². The quantitative estimate of drug-likeness (QED) is 0.637. The van der Waals surface area contributed by atoms with Gasteiger partial charge < -0.3 is 14.8 Å². The van der Waals surface area contributed by atoms with E-state index in [0.29, 0.717) is 35.8 Å². The van der Waals surface area contributed by atoms with E-state index in [9.17, 15) is 9.59 Å². The summed E-state index contributed by atoms with van der Waals surface area (Å²) in [7, 11) is 3.73. The summed E-state index contributed by atoms with van der Waals surface area (Å²) in [5, 5.41) is 7.51. The Kier molecular flexibility index (Phi) is 5.71. The van der Waals surface area contributed by atoms with E-state index in [-0.39, 0.29) is 29.7 Å². The highest BCUT2D eigenvalue weighted by molar-refractivity contribution is 5.79. The summed E-state index contributed by atoms with van der Waals surface area (Å²) in [5.41, 5.74) is 1.33. The van der Waals surface area contributed by atoms with E-state index in [1.165, 1.54) is 0 Å². The molecule has 0 bridgehead atoms. The number of pyridine rings is 1. The van der Waals surface area contributed by atoms with Crippen LogP contribution in [-0.2, 0) is 11.2 Å². The molecule has 10 heteroatoms. The van der Waals surface area contributed by atoms with Crippen LogP contribution in [0.2, 0.25) is 0 Å². The van der Waals surface area contributed by atoms with Crippen LogP contribution in [0.15, 0.2) is 17.1 Å². The minimum atomic E-state index is -0.178. The van der Waals surface area contributed by atoms with E-state index < -0.39 is 0 Å². The zero-order valence-electron chi connectivity index (χ0n) is 18.3. The Bertz CT molecular complexity index is 1140. The molecule has 0 radical (unpaired) electrons. The van der Waals surface area contributed by atoms with E-state index in [1.807, 2.05) is 43.8 Å². The lowest BCUT2D eigenvalue weighted by molar-refractivity contribution is -0.131. The number of likely N-dealkylation sites (tertiary alicyclic amines) is 1. The molecule has 31 heavy (non-hydrogen) atoms. The molecule has 0 atom stereocenters. The van der Waals surface area contributed by atoms with E-state index in [2.05, 4.69) is 30.1 Å². The topological polar surface area (TPSA) is 124 Å². The fourth-order valence-electron chi connectivity index (χ4n) is 3.83. The fraction of sp³-hybridized carbons (Fsp3) is 0.524. The lowest BCUT2D eigenvalue weighted by Crippen LogP contribution is -2.39. The maximum Gasteiger partial charge on any atom is 0.259 e. The number of hydrogen-bond donors (Lipinski definition) is 2. The molecule has 0 saturated carbocycles. The third-order valence-electron chi connectivity index (χ3n) is 5.67. The van der Waals surface area contributed by atoms with Gasteiger partial charge in [0, 0.05) is 50.9 Å². The van der Waals surface area contributed by atoms with Crippen LogP contribution in [0.3, 0.4) is 0 Å². The molecule has 0 aromatic carbocycles. The Balaban J connectivity index is 1.43. The molecule has 4 rings (SSSR count). The number of anilines is 1. The summed E-state index contributed by atoms with van der Waals surface area (Å²) in [6.07, 6.45) is 3.36. The number of carbonyl (C=O) groups is 1. The van der Waals surface area contributed by atoms with Crippen molar-refractivity contribution in [3.05, 3.63) is 40.0 Å². The Morgan fingerprint density at radius 1 is 1.26 bits per heavy atom. The van der Waals surface area contributed by atoms with Gasteiger partial charge in [-0.15, -0.1) is 0 Å². The summed E-state index contributed by atoms with van der Waals surface area (Å²) < 4.78 is 0. The fourth-order valence-corrected chi connectivity index (χ4v) is 3.83. The molecule has 0 aliphatic carbocycles. The Morgan fingerprint density at radius 2 is 2.00 bits per heavy atom. The molecule has 10 nitrogen and oxygen atoms in total. The molecule has 164 valence electrons. The summed E-state index contributed by atoms with van der Waals surface area (Å²) in [6, 6.07) is 1.94. The highest BCUT2D eigenvalue weighted by Gasteiger charge is 2.26. The van der Waals surface area contributed by atoms with Crippen molar-refractivity contribution < 1.29 is 4.79 Å². The van der Waals surface area contributed by atoms with Gasteiger partial charge in [-0.3, -0.25) is 14.7 Å². The zero-order chi connectivity index (χ0) is 22.1. The number of aromatic amines is 2. The SMILES string of the molecule is CC(C)c1n[nH]c(CC(=O)N2CCC(c3cc4nc(N(C)C)ncc4c(=O)[nH]3)CC2)n1.